The maximum Gasteiger partial charge on any atom is 0.254 e. The topological polar surface area (TPSA) is 61.9 Å². The molecule has 1 aliphatic carbocycles. The lowest BCUT2D eigenvalue weighted by Gasteiger charge is -2.22. The Morgan fingerprint density at radius 2 is 1.84 bits per heavy atom. The summed E-state index contributed by atoms with van der Waals surface area (Å²) in [6.45, 7) is 2.53. The molecule has 126 valence electrons. The summed E-state index contributed by atoms with van der Waals surface area (Å²) in [6.07, 6.45) is 2.18. The Morgan fingerprint density at radius 3 is 2.44 bits per heavy atom. The minimum absolute atomic E-state index is 0.0871. The van der Waals surface area contributed by atoms with Crippen molar-refractivity contribution in [1.29, 1.82) is 0 Å². The number of carbonyl (C=O) groups excluding carboxylic acids is 1. The molecule has 0 atom stereocenters. The first kappa shape index (κ1) is 15.6. The van der Waals surface area contributed by atoms with E-state index in [-0.39, 0.29) is 5.91 Å². The summed E-state index contributed by atoms with van der Waals surface area (Å²) in [6, 6.07) is 18.1. The third-order valence-corrected chi connectivity index (χ3v) is 4.43. The van der Waals surface area contributed by atoms with Crippen LogP contribution >= 0.6 is 0 Å². The monoisotopic (exact) mass is 332 g/mol. The quantitative estimate of drug-likeness (QED) is 0.777. The van der Waals surface area contributed by atoms with Gasteiger partial charge in [-0.1, -0.05) is 42.5 Å². The molecule has 1 fully saturated rings. The Balaban J connectivity index is 1.54. The molecule has 3 aromatic rings. The Labute approximate surface area is 146 Å². The van der Waals surface area contributed by atoms with E-state index in [1.165, 1.54) is 0 Å². The van der Waals surface area contributed by atoms with Gasteiger partial charge in [-0.05, 0) is 37.5 Å². The first-order valence-electron chi connectivity index (χ1n) is 8.55. The van der Waals surface area contributed by atoms with Gasteiger partial charge in [0.25, 0.3) is 5.91 Å². The van der Waals surface area contributed by atoms with Gasteiger partial charge < -0.3 is 4.90 Å². The highest BCUT2D eigenvalue weighted by molar-refractivity contribution is 5.95. The molecule has 5 nitrogen and oxygen atoms in total. The van der Waals surface area contributed by atoms with Gasteiger partial charge in [-0.3, -0.25) is 9.89 Å². The van der Waals surface area contributed by atoms with E-state index >= 15 is 0 Å². The van der Waals surface area contributed by atoms with Crippen LogP contribution < -0.4 is 0 Å². The van der Waals surface area contributed by atoms with Gasteiger partial charge in [0.2, 0.25) is 0 Å². The van der Waals surface area contributed by atoms with Crippen LogP contribution in [0.5, 0.6) is 0 Å². The number of rotatable bonds is 5. The highest BCUT2D eigenvalue weighted by Gasteiger charge is 2.33. The zero-order valence-electron chi connectivity index (χ0n) is 14.1. The van der Waals surface area contributed by atoms with Crippen LogP contribution in [-0.2, 0) is 6.54 Å². The fraction of sp³-hybridized carbons (Fsp3) is 0.250. The summed E-state index contributed by atoms with van der Waals surface area (Å²) >= 11 is 0. The van der Waals surface area contributed by atoms with Crippen LogP contribution in [0.15, 0.2) is 54.6 Å². The molecule has 0 unspecified atom stereocenters. The standard InChI is InChI=1S/C20H20N4O/c1-14-21-19(23-22-14)16-7-9-17(10-8-16)20(25)24(18-11-12-18)13-15-5-3-2-4-6-15/h2-10,18H,11-13H2,1H3,(H,21,22,23). The van der Waals surface area contributed by atoms with E-state index < -0.39 is 0 Å². The number of benzene rings is 2. The van der Waals surface area contributed by atoms with E-state index in [0.29, 0.717) is 24.0 Å². The molecule has 1 amide bonds. The van der Waals surface area contributed by atoms with Crippen molar-refractivity contribution in [2.45, 2.75) is 32.4 Å². The molecule has 4 rings (SSSR count). The molecule has 0 aliphatic heterocycles. The molecule has 5 heteroatoms. The highest BCUT2D eigenvalue weighted by Crippen LogP contribution is 2.30. The van der Waals surface area contributed by atoms with E-state index in [1.807, 2.05) is 54.3 Å². The van der Waals surface area contributed by atoms with Gasteiger partial charge in [-0.2, -0.15) is 5.10 Å². The predicted octanol–water partition coefficient (Wildman–Crippen LogP) is 3.58. The van der Waals surface area contributed by atoms with E-state index in [2.05, 4.69) is 27.3 Å². The third kappa shape index (κ3) is 3.45. The number of carbonyl (C=O) groups is 1. The largest absolute Gasteiger partial charge is 0.331 e. The van der Waals surface area contributed by atoms with Gasteiger partial charge >= 0.3 is 0 Å². The van der Waals surface area contributed by atoms with Gasteiger partial charge in [0.1, 0.15) is 5.82 Å². The number of aromatic nitrogens is 3. The van der Waals surface area contributed by atoms with Crippen molar-refractivity contribution in [2.75, 3.05) is 0 Å². The van der Waals surface area contributed by atoms with E-state index in [0.717, 1.165) is 29.8 Å². The molecule has 0 bridgehead atoms. The Bertz CT molecular complexity index is 866. The molecule has 0 saturated heterocycles. The lowest BCUT2D eigenvalue weighted by atomic mass is 10.1. The van der Waals surface area contributed by atoms with Crippen molar-refractivity contribution in [2.24, 2.45) is 0 Å². The molecule has 1 heterocycles. The summed E-state index contributed by atoms with van der Waals surface area (Å²) in [5.41, 5.74) is 2.77. The van der Waals surface area contributed by atoms with Crippen LogP contribution in [0.25, 0.3) is 11.4 Å². The van der Waals surface area contributed by atoms with Crippen molar-refractivity contribution in [3.8, 4) is 11.4 Å². The lowest BCUT2D eigenvalue weighted by molar-refractivity contribution is 0.0730. The molecule has 1 aromatic heterocycles. The first-order chi connectivity index (χ1) is 12.2. The second-order valence-corrected chi connectivity index (χ2v) is 6.47. The van der Waals surface area contributed by atoms with Crippen LogP contribution in [0.4, 0.5) is 0 Å². The minimum atomic E-state index is 0.0871. The average molecular weight is 332 g/mol. The van der Waals surface area contributed by atoms with Gasteiger partial charge in [-0.15, -0.1) is 0 Å². The van der Waals surface area contributed by atoms with Gasteiger partial charge in [0.15, 0.2) is 5.82 Å². The predicted molar refractivity (Wildman–Crippen MR) is 95.9 cm³/mol. The van der Waals surface area contributed by atoms with Crippen molar-refractivity contribution >= 4 is 5.91 Å². The number of nitrogens with zero attached hydrogens (tertiary/aromatic N) is 3. The number of aryl methyl sites for hydroxylation is 1. The number of hydrogen-bond donors (Lipinski definition) is 1. The zero-order chi connectivity index (χ0) is 17.2. The summed E-state index contributed by atoms with van der Waals surface area (Å²) in [4.78, 5) is 19.3. The Hall–Kier alpha value is -2.95. The molecule has 25 heavy (non-hydrogen) atoms. The van der Waals surface area contributed by atoms with Gasteiger partial charge in [-0.25, -0.2) is 4.98 Å². The second-order valence-electron chi connectivity index (χ2n) is 6.47. The second kappa shape index (κ2) is 6.51. The Kier molecular flexibility index (Phi) is 4.06. The zero-order valence-corrected chi connectivity index (χ0v) is 14.1. The molecular formula is C20H20N4O. The number of hydrogen-bond acceptors (Lipinski definition) is 3. The number of amides is 1. The first-order valence-corrected chi connectivity index (χ1v) is 8.55. The lowest BCUT2D eigenvalue weighted by Crippen LogP contribution is -2.32. The van der Waals surface area contributed by atoms with Crippen molar-refractivity contribution in [3.63, 3.8) is 0 Å². The minimum Gasteiger partial charge on any atom is -0.331 e. The molecule has 1 aliphatic rings. The Morgan fingerprint density at radius 1 is 1.12 bits per heavy atom. The third-order valence-electron chi connectivity index (χ3n) is 4.43. The number of aromatic amines is 1. The SMILES string of the molecule is Cc1nc(-c2ccc(C(=O)N(Cc3ccccc3)C3CC3)cc2)n[nH]1. The molecule has 1 N–H and O–H groups in total. The molecule has 0 spiro atoms. The molecule has 0 radical (unpaired) electrons. The fourth-order valence-electron chi connectivity index (χ4n) is 2.93. The molecule has 2 aromatic carbocycles. The summed E-state index contributed by atoms with van der Waals surface area (Å²) in [5.74, 6) is 1.52. The van der Waals surface area contributed by atoms with Crippen molar-refractivity contribution in [3.05, 3.63) is 71.5 Å². The number of H-pyrrole nitrogens is 1. The van der Waals surface area contributed by atoms with E-state index in [4.69, 9.17) is 0 Å². The molecular weight excluding hydrogens is 312 g/mol. The summed E-state index contributed by atoms with van der Waals surface area (Å²) < 4.78 is 0. The van der Waals surface area contributed by atoms with E-state index in [1.54, 1.807) is 0 Å². The van der Waals surface area contributed by atoms with Crippen LogP contribution in [0.1, 0.15) is 34.6 Å². The maximum atomic E-state index is 13.0. The normalized spacial score (nSPS) is 13.6. The fourth-order valence-corrected chi connectivity index (χ4v) is 2.93. The van der Waals surface area contributed by atoms with Crippen LogP contribution in [-0.4, -0.2) is 32.0 Å². The van der Waals surface area contributed by atoms with Gasteiger partial charge in [0, 0.05) is 23.7 Å². The van der Waals surface area contributed by atoms with Crippen LogP contribution in [0.2, 0.25) is 0 Å². The van der Waals surface area contributed by atoms with Gasteiger partial charge in [0.05, 0.1) is 0 Å². The highest BCUT2D eigenvalue weighted by atomic mass is 16.2. The summed E-state index contributed by atoms with van der Waals surface area (Å²) in [5, 5.41) is 7.00. The van der Waals surface area contributed by atoms with Crippen LogP contribution in [0, 0.1) is 6.92 Å². The smallest absolute Gasteiger partial charge is 0.254 e. The maximum absolute atomic E-state index is 13.0. The average Bonchev–Trinajstić information content (AvgIpc) is 3.40. The number of nitrogens with one attached hydrogen (secondary N) is 1. The van der Waals surface area contributed by atoms with Crippen LogP contribution in [0.3, 0.4) is 0 Å². The van der Waals surface area contributed by atoms with E-state index in [9.17, 15) is 4.79 Å². The van der Waals surface area contributed by atoms with Crippen molar-refractivity contribution in [1.82, 2.24) is 20.1 Å². The summed E-state index contributed by atoms with van der Waals surface area (Å²) in [7, 11) is 0. The molecule has 1 saturated carbocycles. The van der Waals surface area contributed by atoms with Crippen molar-refractivity contribution < 1.29 is 4.79 Å².